The lowest BCUT2D eigenvalue weighted by Gasteiger charge is -2.22. The Hall–Kier alpha value is -1.91. The van der Waals surface area contributed by atoms with E-state index < -0.39 is 0 Å². The SMILES string of the molecule is CN=C(NCc1ccc(OCCOC)cc1)NC1CCN(c2cc(Cl)ccc2OC)C1.I. The molecule has 0 bridgehead atoms. The second kappa shape index (κ2) is 13.6. The van der Waals surface area contributed by atoms with Gasteiger partial charge in [-0.2, -0.15) is 0 Å². The Morgan fingerprint density at radius 2 is 1.94 bits per heavy atom. The van der Waals surface area contributed by atoms with Crippen molar-refractivity contribution in [2.45, 2.75) is 19.0 Å². The summed E-state index contributed by atoms with van der Waals surface area (Å²) >= 11 is 6.20. The van der Waals surface area contributed by atoms with Crippen LogP contribution in [0.25, 0.3) is 0 Å². The molecule has 9 heteroatoms. The van der Waals surface area contributed by atoms with Crippen LogP contribution in [0.4, 0.5) is 5.69 Å². The van der Waals surface area contributed by atoms with Gasteiger partial charge in [-0.25, -0.2) is 0 Å². The van der Waals surface area contributed by atoms with Crippen molar-refractivity contribution < 1.29 is 14.2 Å². The number of nitrogens with zero attached hydrogens (tertiary/aromatic N) is 2. The van der Waals surface area contributed by atoms with Crippen LogP contribution in [0.2, 0.25) is 5.02 Å². The van der Waals surface area contributed by atoms with Gasteiger partial charge in [0.25, 0.3) is 0 Å². The number of nitrogens with one attached hydrogen (secondary N) is 2. The number of anilines is 1. The predicted molar refractivity (Wildman–Crippen MR) is 141 cm³/mol. The molecule has 3 rings (SSSR count). The van der Waals surface area contributed by atoms with Crippen LogP contribution in [-0.4, -0.2) is 59.6 Å². The lowest BCUT2D eigenvalue weighted by molar-refractivity contribution is 0.146. The van der Waals surface area contributed by atoms with Gasteiger partial charge < -0.3 is 29.7 Å². The molecule has 1 heterocycles. The van der Waals surface area contributed by atoms with Crippen molar-refractivity contribution in [2.24, 2.45) is 4.99 Å². The van der Waals surface area contributed by atoms with Gasteiger partial charge in [-0.3, -0.25) is 4.99 Å². The first-order valence-corrected chi connectivity index (χ1v) is 10.8. The fourth-order valence-electron chi connectivity index (χ4n) is 3.53. The monoisotopic (exact) mass is 574 g/mol. The molecule has 2 N–H and O–H groups in total. The standard InChI is InChI=1S/C23H31ClN4O3.HI/c1-25-23(26-15-17-4-7-20(8-5-17)31-13-12-29-2)27-19-10-11-28(16-19)21-14-18(24)6-9-22(21)30-3;/h4-9,14,19H,10-13,15-16H2,1-3H3,(H2,25,26,27);1H. The Bertz CT molecular complexity index is 867. The second-order valence-electron chi connectivity index (χ2n) is 7.30. The first-order valence-electron chi connectivity index (χ1n) is 10.4. The van der Waals surface area contributed by atoms with E-state index in [1.54, 1.807) is 21.3 Å². The summed E-state index contributed by atoms with van der Waals surface area (Å²) in [6.45, 7) is 3.58. The third-order valence-corrected chi connectivity index (χ3v) is 5.41. The number of hydrogen-bond acceptors (Lipinski definition) is 5. The van der Waals surface area contributed by atoms with Crippen LogP contribution in [0.1, 0.15) is 12.0 Å². The van der Waals surface area contributed by atoms with E-state index >= 15 is 0 Å². The third kappa shape index (κ3) is 7.60. The van der Waals surface area contributed by atoms with E-state index in [9.17, 15) is 0 Å². The molecule has 0 amide bonds. The van der Waals surface area contributed by atoms with Gasteiger partial charge in [0.15, 0.2) is 5.96 Å². The maximum absolute atomic E-state index is 6.20. The molecule has 2 aromatic rings. The number of halogens is 2. The zero-order valence-electron chi connectivity index (χ0n) is 18.8. The van der Waals surface area contributed by atoms with Crippen molar-refractivity contribution >= 4 is 47.2 Å². The van der Waals surface area contributed by atoms with Crippen LogP contribution < -0.4 is 25.0 Å². The molecule has 2 aromatic carbocycles. The molecule has 32 heavy (non-hydrogen) atoms. The quantitative estimate of drug-likeness (QED) is 0.205. The average Bonchev–Trinajstić information content (AvgIpc) is 3.26. The van der Waals surface area contributed by atoms with Crippen LogP contribution >= 0.6 is 35.6 Å². The minimum Gasteiger partial charge on any atom is -0.495 e. The van der Waals surface area contributed by atoms with E-state index in [-0.39, 0.29) is 30.0 Å². The van der Waals surface area contributed by atoms with Crippen molar-refractivity contribution in [3.05, 3.63) is 53.1 Å². The van der Waals surface area contributed by atoms with Crippen molar-refractivity contribution in [3.63, 3.8) is 0 Å². The smallest absolute Gasteiger partial charge is 0.191 e. The molecule has 0 aliphatic carbocycles. The van der Waals surface area contributed by atoms with Gasteiger partial charge in [-0.1, -0.05) is 23.7 Å². The molecule has 0 spiro atoms. The van der Waals surface area contributed by atoms with Gasteiger partial charge in [0.1, 0.15) is 18.1 Å². The molecule has 1 saturated heterocycles. The molecule has 7 nitrogen and oxygen atoms in total. The lowest BCUT2D eigenvalue weighted by atomic mass is 10.2. The number of rotatable bonds is 9. The molecule has 0 aromatic heterocycles. The number of guanidine groups is 1. The molecule has 176 valence electrons. The highest BCUT2D eigenvalue weighted by Crippen LogP contribution is 2.33. The first-order chi connectivity index (χ1) is 15.1. The Kier molecular flexibility index (Phi) is 11.2. The van der Waals surface area contributed by atoms with Gasteiger partial charge in [-0.15, -0.1) is 24.0 Å². The fraction of sp³-hybridized carbons (Fsp3) is 0.435. The van der Waals surface area contributed by atoms with Crippen LogP contribution in [0.15, 0.2) is 47.5 Å². The van der Waals surface area contributed by atoms with Crippen molar-refractivity contribution in [3.8, 4) is 11.5 Å². The van der Waals surface area contributed by atoms with Crippen molar-refractivity contribution in [1.29, 1.82) is 0 Å². The molecule has 1 atom stereocenters. The summed E-state index contributed by atoms with van der Waals surface area (Å²) < 4.78 is 16.1. The molecule has 1 unspecified atom stereocenters. The lowest BCUT2D eigenvalue weighted by Crippen LogP contribution is -2.44. The largest absolute Gasteiger partial charge is 0.495 e. The molecule has 1 aliphatic rings. The topological polar surface area (TPSA) is 67.4 Å². The van der Waals surface area contributed by atoms with Gasteiger partial charge >= 0.3 is 0 Å². The fourth-order valence-corrected chi connectivity index (χ4v) is 3.69. The summed E-state index contributed by atoms with van der Waals surface area (Å²) in [6, 6.07) is 14.0. The van der Waals surface area contributed by atoms with Crippen LogP contribution in [0.3, 0.4) is 0 Å². The van der Waals surface area contributed by atoms with E-state index in [4.69, 9.17) is 25.8 Å². The minimum absolute atomic E-state index is 0. The van der Waals surface area contributed by atoms with Gasteiger partial charge in [0.2, 0.25) is 0 Å². The number of benzene rings is 2. The molecule has 1 aliphatic heterocycles. The van der Waals surface area contributed by atoms with E-state index in [1.807, 2.05) is 42.5 Å². The summed E-state index contributed by atoms with van der Waals surface area (Å²) in [7, 11) is 5.13. The van der Waals surface area contributed by atoms with E-state index in [0.29, 0.717) is 24.8 Å². The van der Waals surface area contributed by atoms with Gasteiger partial charge in [0, 0.05) is 44.9 Å². The van der Waals surface area contributed by atoms with Crippen LogP contribution in [0.5, 0.6) is 11.5 Å². The van der Waals surface area contributed by atoms with Crippen molar-refractivity contribution in [2.75, 3.05) is 52.5 Å². The maximum Gasteiger partial charge on any atom is 0.191 e. The Morgan fingerprint density at radius 1 is 1.16 bits per heavy atom. The first kappa shape index (κ1) is 26.3. The highest BCUT2D eigenvalue weighted by molar-refractivity contribution is 14.0. The Balaban J connectivity index is 0.00000363. The number of aliphatic imine (C=N–C) groups is 1. The molecule has 0 saturated carbocycles. The van der Waals surface area contributed by atoms with Crippen molar-refractivity contribution in [1.82, 2.24) is 10.6 Å². The third-order valence-electron chi connectivity index (χ3n) is 5.17. The summed E-state index contributed by atoms with van der Waals surface area (Å²) in [5, 5.41) is 7.61. The molecular weight excluding hydrogens is 543 g/mol. The minimum atomic E-state index is 0. The van der Waals surface area contributed by atoms with Gasteiger partial charge in [-0.05, 0) is 42.3 Å². The summed E-state index contributed by atoms with van der Waals surface area (Å²) in [6.07, 6.45) is 1.00. The summed E-state index contributed by atoms with van der Waals surface area (Å²) in [4.78, 5) is 6.66. The molecular formula is C23H32ClIN4O3. The average molecular weight is 575 g/mol. The maximum atomic E-state index is 6.20. The van der Waals surface area contributed by atoms with E-state index in [0.717, 1.165) is 48.2 Å². The molecule has 1 fully saturated rings. The Labute approximate surface area is 212 Å². The summed E-state index contributed by atoms with van der Waals surface area (Å²) in [5.41, 5.74) is 2.17. The van der Waals surface area contributed by atoms with Gasteiger partial charge in [0.05, 0.1) is 19.4 Å². The van der Waals surface area contributed by atoms with E-state index in [1.165, 1.54) is 0 Å². The van der Waals surface area contributed by atoms with Crippen LogP contribution in [0, 0.1) is 0 Å². The molecule has 0 radical (unpaired) electrons. The second-order valence-corrected chi connectivity index (χ2v) is 7.74. The number of ether oxygens (including phenoxy) is 3. The number of hydrogen-bond donors (Lipinski definition) is 2. The highest BCUT2D eigenvalue weighted by atomic mass is 127. The highest BCUT2D eigenvalue weighted by Gasteiger charge is 2.25. The summed E-state index contributed by atoms with van der Waals surface area (Å²) in [5.74, 6) is 2.46. The van der Waals surface area contributed by atoms with E-state index in [2.05, 4.69) is 20.5 Å². The Morgan fingerprint density at radius 3 is 2.62 bits per heavy atom. The predicted octanol–water partition coefficient (Wildman–Crippen LogP) is 3.94. The number of methoxy groups -OCH3 is 2. The zero-order valence-corrected chi connectivity index (χ0v) is 21.9. The normalized spacial score (nSPS) is 15.8. The van der Waals surface area contributed by atoms with Crippen LogP contribution in [-0.2, 0) is 11.3 Å². The zero-order chi connectivity index (χ0) is 22.1.